The first-order valence-corrected chi connectivity index (χ1v) is 6.33. The standard InChI is InChI=1S/C13H21N5/c1-5-18-13(10(2)6-16-18)9-14-7-12-8-15-17(4)11(12)3/h6,8,14H,5,7,9H2,1-4H3. The molecule has 0 aliphatic rings. The summed E-state index contributed by atoms with van der Waals surface area (Å²) < 4.78 is 3.94. The van der Waals surface area contributed by atoms with Crippen molar-refractivity contribution in [2.45, 2.75) is 40.4 Å². The van der Waals surface area contributed by atoms with Gasteiger partial charge >= 0.3 is 0 Å². The molecule has 0 bridgehead atoms. The van der Waals surface area contributed by atoms with Gasteiger partial charge in [-0.2, -0.15) is 10.2 Å². The topological polar surface area (TPSA) is 47.7 Å². The average molecular weight is 247 g/mol. The molecule has 18 heavy (non-hydrogen) atoms. The van der Waals surface area contributed by atoms with Crippen LogP contribution in [0.3, 0.4) is 0 Å². The highest BCUT2D eigenvalue weighted by Gasteiger charge is 2.07. The molecule has 5 nitrogen and oxygen atoms in total. The van der Waals surface area contributed by atoms with Gasteiger partial charge in [0, 0.05) is 37.9 Å². The Balaban J connectivity index is 1.96. The second-order valence-electron chi connectivity index (χ2n) is 4.57. The molecule has 0 atom stereocenters. The van der Waals surface area contributed by atoms with Crippen molar-refractivity contribution in [3.8, 4) is 0 Å². The highest BCUT2D eigenvalue weighted by Crippen LogP contribution is 2.08. The molecule has 0 amide bonds. The minimum absolute atomic E-state index is 0.841. The zero-order valence-corrected chi connectivity index (χ0v) is 11.6. The predicted octanol–water partition coefficient (Wildman–Crippen LogP) is 1.54. The molecule has 0 fully saturated rings. The SMILES string of the molecule is CCn1ncc(C)c1CNCc1cnn(C)c1C. The maximum Gasteiger partial charge on any atom is 0.0551 e. The molecule has 0 aliphatic carbocycles. The molecule has 1 N–H and O–H groups in total. The van der Waals surface area contributed by atoms with Crippen molar-refractivity contribution in [1.29, 1.82) is 0 Å². The molecule has 2 rings (SSSR count). The van der Waals surface area contributed by atoms with Crippen LogP contribution in [0.15, 0.2) is 12.4 Å². The summed E-state index contributed by atoms with van der Waals surface area (Å²) in [5.74, 6) is 0. The lowest BCUT2D eigenvalue weighted by Crippen LogP contribution is -2.17. The Morgan fingerprint density at radius 1 is 1.17 bits per heavy atom. The monoisotopic (exact) mass is 247 g/mol. The fraction of sp³-hybridized carbons (Fsp3) is 0.538. The highest BCUT2D eigenvalue weighted by molar-refractivity contribution is 5.17. The van der Waals surface area contributed by atoms with Crippen LogP contribution >= 0.6 is 0 Å². The molecule has 0 spiro atoms. The van der Waals surface area contributed by atoms with Crippen molar-refractivity contribution in [3.63, 3.8) is 0 Å². The third-order valence-corrected chi connectivity index (χ3v) is 3.40. The summed E-state index contributed by atoms with van der Waals surface area (Å²) in [6.45, 7) is 8.90. The number of hydrogen-bond acceptors (Lipinski definition) is 3. The summed E-state index contributed by atoms with van der Waals surface area (Å²) in [6, 6.07) is 0. The van der Waals surface area contributed by atoms with Crippen molar-refractivity contribution in [3.05, 3.63) is 34.9 Å². The number of aromatic nitrogens is 4. The molecular formula is C13H21N5. The summed E-state index contributed by atoms with van der Waals surface area (Å²) in [5.41, 5.74) is 4.97. The molecule has 0 saturated carbocycles. The van der Waals surface area contributed by atoms with Gasteiger partial charge in [0.25, 0.3) is 0 Å². The van der Waals surface area contributed by atoms with E-state index in [1.54, 1.807) is 0 Å². The highest BCUT2D eigenvalue weighted by atomic mass is 15.3. The Morgan fingerprint density at radius 3 is 2.56 bits per heavy atom. The van der Waals surface area contributed by atoms with Crippen molar-refractivity contribution < 1.29 is 0 Å². The van der Waals surface area contributed by atoms with Gasteiger partial charge in [0.05, 0.1) is 18.1 Å². The maximum atomic E-state index is 4.34. The van der Waals surface area contributed by atoms with E-state index in [-0.39, 0.29) is 0 Å². The van der Waals surface area contributed by atoms with Gasteiger partial charge in [0.2, 0.25) is 0 Å². The maximum absolute atomic E-state index is 4.34. The van der Waals surface area contributed by atoms with E-state index in [4.69, 9.17) is 0 Å². The normalized spacial score (nSPS) is 11.1. The first kappa shape index (κ1) is 12.8. The van der Waals surface area contributed by atoms with Gasteiger partial charge in [-0.15, -0.1) is 0 Å². The zero-order chi connectivity index (χ0) is 13.1. The van der Waals surface area contributed by atoms with E-state index >= 15 is 0 Å². The lowest BCUT2D eigenvalue weighted by atomic mass is 10.2. The minimum Gasteiger partial charge on any atom is -0.307 e. The van der Waals surface area contributed by atoms with Crippen LogP contribution in [0.4, 0.5) is 0 Å². The van der Waals surface area contributed by atoms with Crippen LogP contribution in [0.1, 0.15) is 29.4 Å². The summed E-state index contributed by atoms with van der Waals surface area (Å²) in [6.07, 6.45) is 3.85. The van der Waals surface area contributed by atoms with Crippen molar-refractivity contribution in [2.24, 2.45) is 7.05 Å². The van der Waals surface area contributed by atoms with Crippen LogP contribution in [-0.2, 0) is 26.7 Å². The Kier molecular flexibility index (Phi) is 3.81. The van der Waals surface area contributed by atoms with Crippen molar-refractivity contribution in [1.82, 2.24) is 24.9 Å². The van der Waals surface area contributed by atoms with E-state index in [1.165, 1.54) is 22.5 Å². The van der Waals surface area contributed by atoms with Gasteiger partial charge in [-0.3, -0.25) is 9.36 Å². The Bertz CT molecular complexity index is 523. The largest absolute Gasteiger partial charge is 0.307 e. The number of aryl methyl sites for hydroxylation is 3. The van der Waals surface area contributed by atoms with E-state index in [9.17, 15) is 0 Å². The first-order valence-electron chi connectivity index (χ1n) is 6.33. The average Bonchev–Trinajstić information content (AvgIpc) is 2.87. The van der Waals surface area contributed by atoms with E-state index in [0.717, 1.165) is 19.6 Å². The molecule has 5 heteroatoms. The first-order chi connectivity index (χ1) is 8.63. The van der Waals surface area contributed by atoms with E-state index in [2.05, 4.69) is 36.3 Å². The van der Waals surface area contributed by atoms with Gasteiger partial charge in [-0.1, -0.05) is 0 Å². The van der Waals surface area contributed by atoms with Crippen LogP contribution in [0.5, 0.6) is 0 Å². The Hall–Kier alpha value is -1.62. The molecular weight excluding hydrogens is 226 g/mol. The number of hydrogen-bond donors (Lipinski definition) is 1. The second kappa shape index (κ2) is 5.35. The Labute approximate surface area is 108 Å². The van der Waals surface area contributed by atoms with Crippen LogP contribution in [0, 0.1) is 13.8 Å². The molecule has 0 unspecified atom stereocenters. The second-order valence-corrected chi connectivity index (χ2v) is 4.57. The third kappa shape index (κ3) is 2.46. The molecule has 2 aromatic heterocycles. The van der Waals surface area contributed by atoms with E-state index < -0.39 is 0 Å². The van der Waals surface area contributed by atoms with Crippen LogP contribution in [0.2, 0.25) is 0 Å². The zero-order valence-electron chi connectivity index (χ0n) is 11.6. The lowest BCUT2D eigenvalue weighted by Gasteiger charge is -2.08. The minimum atomic E-state index is 0.841. The molecule has 2 aromatic rings. The lowest BCUT2D eigenvalue weighted by molar-refractivity contribution is 0.579. The molecule has 0 radical (unpaired) electrons. The number of rotatable bonds is 5. The molecule has 0 saturated heterocycles. The molecule has 98 valence electrons. The Morgan fingerprint density at radius 2 is 1.94 bits per heavy atom. The number of nitrogens with one attached hydrogen (secondary N) is 1. The van der Waals surface area contributed by atoms with Crippen molar-refractivity contribution >= 4 is 0 Å². The van der Waals surface area contributed by atoms with Crippen molar-refractivity contribution in [2.75, 3.05) is 0 Å². The van der Waals surface area contributed by atoms with Crippen LogP contribution < -0.4 is 5.32 Å². The van der Waals surface area contributed by atoms with Crippen LogP contribution in [0.25, 0.3) is 0 Å². The molecule has 2 heterocycles. The fourth-order valence-electron chi connectivity index (χ4n) is 2.04. The van der Waals surface area contributed by atoms with E-state index in [0.29, 0.717) is 0 Å². The van der Waals surface area contributed by atoms with Crippen LogP contribution in [-0.4, -0.2) is 19.6 Å². The molecule has 0 aliphatic heterocycles. The van der Waals surface area contributed by atoms with Gasteiger partial charge in [-0.25, -0.2) is 0 Å². The van der Waals surface area contributed by atoms with Gasteiger partial charge in [-0.05, 0) is 26.3 Å². The quantitative estimate of drug-likeness (QED) is 0.872. The van der Waals surface area contributed by atoms with E-state index in [1.807, 2.05) is 28.8 Å². The van der Waals surface area contributed by atoms with Gasteiger partial charge in [0.15, 0.2) is 0 Å². The summed E-state index contributed by atoms with van der Waals surface area (Å²) in [7, 11) is 1.97. The summed E-state index contributed by atoms with van der Waals surface area (Å²) in [5, 5.41) is 12.0. The summed E-state index contributed by atoms with van der Waals surface area (Å²) in [4.78, 5) is 0. The third-order valence-electron chi connectivity index (χ3n) is 3.40. The predicted molar refractivity (Wildman–Crippen MR) is 71.1 cm³/mol. The smallest absolute Gasteiger partial charge is 0.0551 e. The van der Waals surface area contributed by atoms with Gasteiger partial charge in [0.1, 0.15) is 0 Å². The fourth-order valence-corrected chi connectivity index (χ4v) is 2.04. The van der Waals surface area contributed by atoms with Gasteiger partial charge < -0.3 is 5.32 Å². The molecule has 0 aromatic carbocycles. The number of nitrogens with zero attached hydrogens (tertiary/aromatic N) is 4. The summed E-state index contributed by atoms with van der Waals surface area (Å²) >= 11 is 0.